The van der Waals surface area contributed by atoms with Crippen LogP contribution >= 0.6 is 0 Å². The Morgan fingerprint density at radius 2 is 2.24 bits per heavy atom. The Hall–Kier alpha value is -1.07. The number of aliphatic hydroxyl groups is 1. The third kappa shape index (κ3) is 3.58. The summed E-state index contributed by atoms with van der Waals surface area (Å²) in [6.07, 6.45) is 8.05. The quantitative estimate of drug-likeness (QED) is 0.618. The molecule has 0 aromatic carbocycles. The van der Waals surface area contributed by atoms with Crippen molar-refractivity contribution in [3.05, 3.63) is 11.6 Å². The molecule has 0 aliphatic heterocycles. The minimum absolute atomic E-state index is 0.0451. The van der Waals surface area contributed by atoms with Crippen molar-refractivity contribution in [1.82, 2.24) is 0 Å². The molecule has 3 atom stereocenters. The Balaban J connectivity index is 2.16. The molecule has 1 fully saturated rings. The lowest BCUT2D eigenvalue weighted by atomic mass is 9.57. The molecule has 2 heteroatoms. The van der Waals surface area contributed by atoms with E-state index in [0.29, 0.717) is 11.7 Å². The molecule has 2 aliphatic rings. The van der Waals surface area contributed by atoms with Crippen LogP contribution in [0.5, 0.6) is 0 Å². The van der Waals surface area contributed by atoms with E-state index in [1.807, 2.05) is 0 Å². The van der Waals surface area contributed by atoms with E-state index in [1.54, 1.807) is 13.8 Å². The van der Waals surface area contributed by atoms with Gasteiger partial charge in [-0.1, -0.05) is 37.3 Å². The predicted octanol–water partition coefficient (Wildman–Crippen LogP) is 3.88. The number of rotatable bonds is 2. The van der Waals surface area contributed by atoms with Gasteiger partial charge in [0.25, 0.3) is 0 Å². The van der Waals surface area contributed by atoms with Crippen LogP contribution in [-0.2, 0) is 4.79 Å². The van der Waals surface area contributed by atoms with Crippen LogP contribution in [0, 0.1) is 29.1 Å². The molecule has 0 aromatic heterocycles. The average molecular weight is 288 g/mol. The summed E-state index contributed by atoms with van der Waals surface area (Å²) in [5.74, 6) is 7.06. The van der Waals surface area contributed by atoms with Crippen molar-refractivity contribution in [3.8, 4) is 11.8 Å². The fraction of sp³-hybridized carbons (Fsp3) is 0.737. The van der Waals surface area contributed by atoms with E-state index < -0.39 is 5.60 Å². The first-order valence-electron chi connectivity index (χ1n) is 8.20. The third-order valence-corrected chi connectivity index (χ3v) is 5.09. The third-order valence-electron chi connectivity index (χ3n) is 5.09. The number of fused-ring (bicyclic) bond motifs is 1. The standard InChI is InChI=1S/C19H28O2/c1-14(8-6-12-18(2,3)21)15-9-5-10-16-17(20)11-7-13-19(15,16)4/h9,14,16,21H,5,7-8,10-11,13H2,1-4H3/t14-,16+,19-/m1/s1. The van der Waals surface area contributed by atoms with E-state index >= 15 is 0 Å². The van der Waals surface area contributed by atoms with Gasteiger partial charge in [0.15, 0.2) is 0 Å². The summed E-state index contributed by atoms with van der Waals surface area (Å²) in [6.45, 7) is 7.90. The molecule has 1 saturated carbocycles. The highest BCUT2D eigenvalue weighted by Gasteiger charge is 2.46. The minimum atomic E-state index is -0.923. The zero-order chi connectivity index (χ0) is 15.7. The van der Waals surface area contributed by atoms with Gasteiger partial charge in [-0.05, 0) is 50.9 Å². The molecule has 0 bridgehead atoms. The Bertz CT molecular complexity index is 498. The van der Waals surface area contributed by atoms with Gasteiger partial charge in [-0.2, -0.15) is 0 Å². The molecule has 2 nitrogen and oxygen atoms in total. The summed E-state index contributed by atoms with van der Waals surface area (Å²) < 4.78 is 0. The number of ketones is 1. The van der Waals surface area contributed by atoms with Crippen molar-refractivity contribution in [2.24, 2.45) is 17.3 Å². The van der Waals surface area contributed by atoms with E-state index in [2.05, 4.69) is 31.8 Å². The topological polar surface area (TPSA) is 37.3 Å². The molecule has 0 spiro atoms. The van der Waals surface area contributed by atoms with Gasteiger partial charge in [0.05, 0.1) is 0 Å². The van der Waals surface area contributed by atoms with E-state index in [0.717, 1.165) is 38.5 Å². The molecule has 2 rings (SSSR count). The lowest BCUT2D eigenvalue weighted by molar-refractivity contribution is -0.129. The first-order valence-corrected chi connectivity index (χ1v) is 8.20. The SMILES string of the molecule is C[C@H](CC#CC(C)(C)O)C1=CCC[C@H]2C(=O)CCC[C@]12C. The van der Waals surface area contributed by atoms with Crippen LogP contribution in [0.1, 0.15) is 66.2 Å². The van der Waals surface area contributed by atoms with Crippen LogP contribution in [0.2, 0.25) is 0 Å². The van der Waals surface area contributed by atoms with Gasteiger partial charge in [-0.25, -0.2) is 0 Å². The Morgan fingerprint density at radius 3 is 2.90 bits per heavy atom. The van der Waals surface area contributed by atoms with Gasteiger partial charge in [-0.15, -0.1) is 0 Å². The van der Waals surface area contributed by atoms with Crippen molar-refractivity contribution >= 4 is 5.78 Å². The zero-order valence-electron chi connectivity index (χ0n) is 13.8. The lowest BCUT2D eigenvalue weighted by Gasteiger charge is -2.46. The van der Waals surface area contributed by atoms with E-state index in [-0.39, 0.29) is 11.3 Å². The second kappa shape index (κ2) is 5.97. The molecular formula is C19H28O2. The van der Waals surface area contributed by atoms with Crippen molar-refractivity contribution < 1.29 is 9.90 Å². The zero-order valence-corrected chi connectivity index (χ0v) is 13.8. The monoisotopic (exact) mass is 288 g/mol. The van der Waals surface area contributed by atoms with Gasteiger partial charge in [0.1, 0.15) is 11.4 Å². The maximum Gasteiger partial charge on any atom is 0.136 e. The Kier molecular flexibility index (Phi) is 4.63. The maximum atomic E-state index is 12.3. The van der Waals surface area contributed by atoms with Crippen LogP contribution in [0.15, 0.2) is 11.6 Å². The molecule has 2 aliphatic carbocycles. The molecule has 0 amide bonds. The first-order chi connectivity index (χ1) is 9.74. The molecule has 116 valence electrons. The van der Waals surface area contributed by atoms with Crippen molar-refractivity contribution in [1.29, 1.82) is 0 Å². The molecule has 0 saturated heterocycles. The highest BCUT2D eigenvalue weighted by Crippen LogP contribution is 2.52. The summed E-state index contributed by atoms with van der Waals surface area (Å²) in [6, 6.07) is 0. The van der Waals surface area contributed by atoms with Crippen molar-refractivity contribution in [2.45, 2.75) is 71.8 Å². The summed E-state index contributed by atoms with van der Waals surface area (Å²) in [4.78, 5) is 12.3. The molecule has 0 unspecified atom stereocenters. The van der Waals surface area contributed by atoms with Gasteiger partial charge < -0.3 is 5.11 Å². The van der Waals surface area contributed by atoms with Crippen LogP contribution in [0.25, 0.3) is 0 Å². The summed E-state index contributed by atoms with van der Waals surface area (Å²) in [5, 5.41) is 9.68. The highest BCUT2D eigenvalue weighted by atomic mass is 16.3. The number of carbonyl (C=O) groups is 1. The second-order valence-corrected chi connectivity index (χ2v) is 7.49. The molecule has 1 N–H and O–H groups in total. The Labute approximate surface area is 129 Å². The van der Waals surface area contributed by atoms with Crippen LogP contribution in [-0.4, -0.2) is 16.5 Å². The van der Waals surface area contributed by atoms with Gasteiger partial charge in [-0.3, -0.25) is 4.79 Å². The molecule has 0 radical (unpaired) electrons. The van der Waals surface area contributed by atoms with Gasteiger partial charge >= 0.3 is 0 Å². The number of allylic oxidation sites excluding steroid dienone is 2. The molecule has 21 heavy (non-hydrogen) atoms. The number of hydrogen-bond donors (Lipinski definition) is 1. The van der Waals surface area contributed by atoms with Gasteiger partial charge in [0.2, 0.25) is 0 Å². The first kappa shape index (κ1) is 16.3. The second-order valence-electron chi connectivity index (χ2n) is 7.49. The van der Waals surface area contributed by atoms with Crippen molar-refractivity contribution in [2.75, 3.05) is 0 Å². The largest absolute Gasteiger partial charge is 0.378 e. The number of carbonyl (C=O) groups excluding carboxylic acids is 1. The minimum Gasteiger partial charge on any atom is -0.378 e. The predicted molar refractivity (Wildman–Crippen MR) is 85.6 cm³/mol. The summed E-state index contributed by atoms with van der Waals surface area (Å²) in [7, 11) is 0. The summed E-state index contributed by atoms with van der Waals surface area (Å²) in [5.41, 5.74) is 0.550. The fourth-order valence-corrected chi connectivity index (χ4v) is 4.09. The summed E-state index contributed by atoms with van der Waals surface area (Å²) >= 11 is 0. The number of hydrogen-bond acceptors (Lipinski definition) is 2. The van der Waals surface area contributed by atoms with E-state index in [4.69, 9.17) is 0 Å². The van der Waals surface area contributed by atoms with Crippen LogP contribution in [0.4, 0.5) is 0 Å². The molecule has 0 heterocycles. The molecular weight excluding hydrogens is 260 g/mol. The van der Waals surface area contributed by atoms with Crippen molar-refractivity contribution in [3.63, 3.8) is 0 Å². The average Bonchev–Trinajstić information content (AvgIpc) is 2.36. The smallest absolute Gasteiger partial charge is 0.136 e. The highest BCUT2D eigenvalue weighted by molar-refractivity contribution is 5.83. The van der Waals surface area contributed by atoms with Crippen LogP contribution in [0.3, 0.4) is 0 Å². The fourth-order valence-electron chi connectivity index (χ4n) is 4.09. The Morgan fingerprint density at radius 1 is 1.52 bits per heavy atom. The number of Topliss-reactive ketones (excluding diaryl/α,β-unsaturated/α-hetero) is 1. The van der Waals surface area contributed by atoms with Crippen LogP contribution < -0.4 is 0 Å². The maximum absolute atomic E-state index is 12.3. The van der Waals surface area contributed by atoms with E-state index in [9.17, 15) is 9.90 Å². The van der Waals surface area contributed by atoms with Gasteiger partial charge in [0, 0.05) is 18.8 Å². The van der Waals surface area contributed by atoms with E-state index in [1.165, 1.54) is 5.57 Å². The molecule has 0 aromatic rings. The lowest BCUT2D eigenvalue weighted by Crippen LogP contribution is -2.42. The normalized spacial score (nSPS) is 30.8.